The molecule has 8 aromatic carbocycles. The second kappa shape index (κ2) is 13.7. The molecule has 59 heavy (non-hydrogen) atoms. The Balaban J connectivity index is 0.930. The molecule has 276 valence electrons. The number of thiazole rings is 1. The fourth-order valence-corrected chi connectivity index (χ4v) is 10.4. The Morgan fingerprint density at radius 3 is 1.63 bits per heavy atom. The van der Waals surface area contributed by atoms with Crippen molar-refractivity contribution in [3.8, 4) is 67.0 Å². The van der Waals surface area contributed by atoms with Gasteiger partial charge in [-0.3, -0.25) is 0 Å². The zero-order valence-electron chi connectivity index (χ0n) is 31.3. The lowest BCUT2D eigenvalue weighted by Crippen LogP contribution is -2.00. The maximum Gasteiger partial charge on any atom is 0.164 e. The molecule has 12 rings (SSSR count). The molecule has 0 fully saturated rings. The number of aromatic nitrogens is 4. The van der Waals surface area contributed by atoms with Crippen molar-refractivity contribution in [1.29, 1.82) is 0 Å². The average molecular weight is 791 g/mol. The number of thiophene rings is 1. The van der Waals surface area contributed by atoms with Crippen LogP contribution >= 0.6 is 22.7 Å². The highest BCUT2D eigenvalue weighted by molar-refractivity contribution is 7.28. The van der Waals surface area contributed by atoms with Crippen LogP contribution < -0.4 is 0 Å². The highest BCUT2D eigenvalue weighted by Gasteiger charge is 2.17. The largest absolute Gasteiger partial charge is 0.455 e. The summed E-state index contributed by atoms with van der Waals surface area (Å²) < 4.78 is 10.2. The molecule has 0 saturated carbocycles. The summed E-state index contributed by atoms with van der Waals surface area (Å²) in [5.74, 6) is 1.83. The molecule has 4 heterocycles. The number of nitrogens with zero attached hydrogens (tertiary/aromatic N) is 4. The van der Waals surface area contributed by atoms with Gasteiger partial charge in [-0.05, 0) is 41.0 Å². The van der Waals surface area contributed by atoms with Crippen LogP contribution in [0.25, 0.3) is 119 Å². The summed E-state index contributed by atoms with van der Waals surface area (Å²) in [6.45, 7) is 0. The van der Waals surface area contributed by atoms with Crippen molar-refractivity contribution >= 4 is 75.0 Å². The number of hydrogen-bond acceptors (Lipinski definition) is 7. The summed E-state index contributed by atoms with van der Waals surface area (Å²) in [4.78, 5) is 20.3. The molecular weight excluding hydrogens is 761 g/mol. The van der Waals surface area contributed by atoms with Gasteiger partial charge >= 0.3 is 0 Å². The first kappa shape index (κ1) is 33.8. The van der Waals surface area contributed by atoms with Gasteiger partial charge in [0.05, 0.1) is 10.2 Å². The van der Waals surface area contributed by atoms with E-state index < -0.39 is 0 Å². The lowest BCUT2D eigenvalue weighted by molar-refractivity contribution is 0.670. The van der Waals surface area contributed by atoms with Crippen molar-refractivity contribution in [3.63, 3.8) is 0 Å². The highest BCUT2D eigenvalue weighted by Crippen LogP contribution is 2.43. The van der Waals surface area contributed by atoms with Crippen LogP contribution in [0.4, 0.5) is 0 Å². The minimum Gasteiger partial charge on any atom is -0.455 e. The molecule has 0 aliphatic carbocycles. The molecule has 0 bridgehead atoms. The lowest BCUT2D eigenvalue weighted by Gasteiger charge is -2.10. The Kier molecular flexibility index (Phi) is 7.82. The van der Waals surface area contributed by atoms with Gasteiger partial charge in [-0.2, -0.15) is 0 Å². The molecule has 0 N–H and O–H groups in total. The van der Waals surface area contributed by atoms with Crippen LogP contribution in [0.15, 0.2) is 186 Å². The number of fused-ring (bicyclic) bond motifs is 8. The van der Waals surface area contributed by atoms with E-state index in [-0.39, 0.29) is 0 Å². The smallest absolute Gasteiger partial charge is 0.164 e. The van der Waals surface area contributed by atoms with E-state index in [4.69, 9.17) is 24.4 Å². The van der Waals surface area contributed by atoms with Gasteiger partial charge in [-0.15, -0.1) is 22.7 Å². The molecule has 7 heteroatoms. The summed E-state index contributed by atoms with van der Waals surface area (Å²) >= 11 is 3.59. The standard InChI is InChI=1S/C52H30N4OS2/c1-2-9-31(10-3-1)32-17-21-34(22-18-32)49-54-50(35-23-19-33(20-24-35)38-13-8-14-40-39-11-4-6-15-43(39)57-47(38)40)56-51(55-49)36-25-27-37(28-26-36)52-53-42-29-30-45-46(48(42)59-52)41-12-5-7-16-44(41)58-45/h1-30H. The molecule has 0 aliphatic heterocycles. The third-order valence-electron chi connectivity index (χ3n) is 11.0. The van der Waals surface area contributed by atoms with Crippen LogP contribution in [0.5, 0.6) is 0 Å². The van der Waals surface area contributed by atoms with Gasteiger partial charge in [0.15, 0.2) is 17.5 Å². The fraction of sp³-hybridized carbons (Fsp3) is 0. The molecule has 5 nitrogen and oxygen atoms in total. The van der Waals surface area contributed by atoms with Crippen LogP contribution in [0.1, 0.15) is 0 Å². The quantitative estimate of drug-likeness (QED) is 0.168. The molecule has 0 atom stereocenters. The number of furan rings is 1. The molecule has 12 aromatic rings. The van der Waals surface area contributed by atoms with E-state index in [1.165, 1.54) is 24.9 Å². The highest BCUT2D eigenvalue weighted by atomic mass is 32.1. The number of para-hydroxylation sites is 2. The van der Waals surface area contributed by atoms with E-state index in [0.29, 0.717) is 17.5 Å². The average Bonchev–Trinajstić information content (AvgIpc) is 4.03. The Hall–Kier alpha value is -7.32. The predicted octanol–water partition coefficient (Wildman–Crippen LogP) is 14.8. The zero-order valence-corrected chi connectivity index (χ0v) is 33.0. The normalized spacial score (nSPS) is 11.7. The van der Waals surface area contributed by atoms with E-state index in [9.17, 15) is 0 Å². The van der Waals surface area contributed by atoms with Crippen LogP contribution in [0.3, 0.4) is 0 Å². The Bertz CT molecular complexity index is 3530. The van der Waals surface area contributed by atoms with Gasteiger partial charge in [0, 0.05) is 58.8 Å². The fourth-order valence-electron chi connectivity index (χ4n) is 8.06. The molecule has 0 saturated heterocycles. The summed E-state index contributed by atoms with van der Waals surface area (Å²) in [7, 11) is 0. The van der Waals surface area contributed by atoms with Gasteiger partial charge in [0.2, 0.25) is 0 Å². The van der Waals surface area contributed by atoms with Crippen LogP contribution in [-0.2, 0) is 0 Å². The first-order valence-corrected chi connectivity index (χ1v) is 21.1. The maximum absolute atomic E-state index is 6.36. The SMILES string of the molecule is c1ccc(-c2ccc(-c3nc(-c4ccc(-c5nc6ccc7sc8ccccc8c7c6s5)cc4)nc(-c4ccc(-c5cccc6c5oc5ccccc56)cc4)n3)cc2)cc1. The Morgan fingerprint density at radius 2 is 0.915 bits per heavy atom. The van der Waals surface area contributed by atoms with E-state index in [0.717, 1.165) is 77.0 Å². The topological polar surface area (TPSA) is 64.7 Å². The lowest BCUT2D eigenvalue weighted by atomic mass is 10.0. The van der Waals surface area contributed by atoms with Crippen LogP contribution in [0, 0.1) is 0 Å². The van der Waals surface area contributed by atoms with E-state index in [1.54, 1.807) is 11.3 Å². The van der Waals surface area contributed by atoms with Crippen LogP contribution in [0.2, 0.25) is 0 Å². The van der Waals surface area contributed by atoms with Crippen molar-refractivity contribution in [2.75, 3.05) is 0 Å². The predicted molar refractivity (Wildman–Crippen MR) is 246 cm³/mol. The van der Waals surface area contributed by atoms with Crippen molar-refractivity contribution in [2.24, 2.45) is 0 Å². The van der Waals surface area contributed by atoms with Crippen molar-refractivity contribution in [1.82, 2.24) is 19.9 Å². The van der Waals surface area contributed by atoms with Gasteiger partial charge in [-0.1, -0.05) is 158 Å². The van der Waals surface area contributed by atoms with E-state index in [1.807, 2.05) is 35.6 Å². The monoisotopic (exact) mass is 790 g/mol. The minimum atomic E-state index is 0.605. The van der Waals surface area contributed by atoms with Gasteiger partial charge in [0.1, 0.15) is 16.2 Å². The number of benzene rings is 8. The third kappa shape index (κ3) is 5.82. The zero-order chi connectivity index (χ0) is 38.9. The molecule has 0 radical (unpaired) electrons. The summed E-state index contributed by atoms with van der Waals surface area (Å²) in [6, 6.07) is 63.2. The summed E-state index contributed by atoms with van der Waals surface area (Å²) in [5, 5.41) is 5.80. The Morgan fingerprint density at radius 1 is 0.356 bits per heavy atom. The van der Waals surface area contributed by atoms with Gasteiger partial charge in [0.25, 0.3) is 0 Å². The molecule has 0 spiro atoms. The number of hydrogen-bond donors (Lipinski definition) is 0. The second-order valence-corrected chi connectivity index (χ2v) is 16.7. The summed E-state index contributed by atoms with van der Waals surface area (Å²) in [6.07, 6.45) is 0. The molecule has 0 aliphatic rings. The van der Waals surface area contributed by atoms with Gasteiger partial charge in [-0.25, -0.2) is 19.9 Å². The van der Waals surface area contributed by atoms with Crippen molar-refractivity contribution in [3.05, 3.63) is 182 Å². The molecule has 4 aromatic heterocycles. The molecule has 0 amide bonds. The minimum absolute atomic E-state index is 0.605. The first-order chi connectivity index (χ1) is 29.2. The van der Waals surface area contributed by atoms with E-state index in [2.05, 4.69) is 158 Å². The maximum atomic E-state index is 6.36. The van der Waals surface area contributed by atoms with Crippen LogP contribution in [-0.4, -0.2) is 19.9 Å². The second-order valence-electron chi connectivity index (χ2n) is 14.6. The van der Waals surface area contributed by atoms with Crippen molar-refractivity contribution in [2.45, 2.75) is 0 Å². The number of rotatable bonds is 6. The molecule has 0 unspecified atom stereocenters. The third-order valence-corrected chi connectivity index (χ3v) is 13.3. The van der Waals surface area contributed by atoms with Gasteiger partial charge < -0.3 is 4.42 Å². The van der Waals surface area contributed by atoms with Crippen molar-refractivity contribution < 1.29 is 4.42 Å². The Labute approximate surface area is 346 Å². The summed E-state index contributed by atoms with van der Waals surface area (Å²) in [5.41, 5.74) is 11.0. The molecular formula is C52H30N4OS2. The van der Waals surface area contributed by atoms with E-state index >= 15 is 0 Å². The first-order valence-electron chi connectivity index (χ1n) is 19.4.